The lowest BCUT2D eigenvalue weighted by atomic mass is 10.1. The molecule has 0 bridgehead atoms. The van der Waals surface area contributed by atoms with Gasteiger partial charge in [0.15, 0.2) is 0 Å². The molecule has 1 heterocycles. The van der Waals surface area contributed by atoms with E-state index in [1.165, 1.54) is 0 Å². The highest BCUT2D eigenvalue weighted by molar-refractivity contribution is 5.68. The summed E-state index contributed by atoms with van der Waals surface area (Å²) in [5, 5.41) is 8.43. The highest BCUT2D eigenvalue weighted by Crippen LogP contribution is 2.20. The zero-order valence-corrected chi connectivity index (χ0v) is 6.28. The van der Waals surface area contributed by atoms with Crippen LogP contribution in [-0.4, -0.2) is 22.9 Å². The fourth-order valence-electron chi connectivity index (χ4n) is 1.06. The molecule has 0 saturated carbocycles. The molecule has 1 aliphatic heterocycles. The third-order valence-corrected chi connectivity index (χ3v) is 1.48. The molecule has 62 valence electrons. The number of carbonyl (C=O) groups is 1. The molecule has 2 unspecified atom stereocenters. The minimum Gasteiger partial charge on any atom is -0.481 e. The van der Waals surface area contributed by atoms with Gasteiger partial charge in [0, 0.05) is 0 Å². The summed E-state index contributed by atoms with van der Waals surface area (Å²) in [4.78, 5) is 10.3. The quantitative estimate of drug-likeness (QED) is 0.557. The summed E-state index contributed by atoms with van der Waals surface area (Å²) in [5.41, 5.74) is 4.47. The third-order valence-electron chi connectivity index (χ3n) is 1.48. The Balaban J connectivity index is 2.56. The fourth-order valence-corrected chi connectivity index (χ4v) is 1.06. The lowest BCUT2D eigenvalue weighted by molar-refractivity contribution is -0.142. The Morgan fingerprint density at radius 2 is 2.55 bits per heavy atom. The summed E-state index contributed by atoms with van der Waals surface area (Å²) < 4.78 is 5.15. The van der Waals surface area contributed by atoms with Crippen molar-refractivity contribution in [1.82, 2.24) is 0 Å². The van der Waals surface area contributed by atoms with E-state index < -0.39 is 11.7 Å². The molecule has 1 rings (SSSR count). The molecule has 0 spiro atoms. The first-order chi connectivity index (χ1) is 5.02. The Morgan fingerprint density at radius 1 is 1.91 bits per heavy atom. The molecule has 11 heavy (non-hydrogen) atoms. The smallest absolute Gasteiger partial charge is 0.308 e. The average molecular weight is 157 g/mol. The molecule has 1 aliphatic rings. The van der Waals surface area contributed by atoms with Gasteiger partial charge in [0.1, 0.15) is 5.72 Å². The first kappa shape index (κ1) is 8.23. The van der Waals surface area contributed by atoms with Crippen molar-refractivity contribution in [2.24, 2.45) is 5.73 Å². The summed E-state index contributed by atoms with van der Waals surface area (Å²) in [6.07, 6.45) is 3.07. The van der Waals surface area contributed by atoms with E-state index in [0.717, 1.165) is 0 Å². The van der Waals surface area contributed by atoms with Gasteiger partial charge in [-0.2, -0.15) is 0 Å². The van der Waals surface area contributed by atoms with Crippen LogP contribution >= 0.6 is 0 Å². The number of carboxylic acids is 1. The van der Waals surface area contributed by atoms with Gasteiger partial charge in [0.2, 0.25) is 0 Å². The second-order valence-corrected chi connectivity index (χ2v) is 2.71. The van der Waals surface area contributed by atoms with Gasteiger partial charge < -0.3 is 9.84 Å². The molecule has 0 saturated heterocycles. The van der Waals surface area contributed by atoms with Gasteiger partial charge in [-0.3, -0.25) is 10.5 Å². The summed E-state index contributed by atoms with van der Waals surface area (Å²) in [5.74, 6) is -0.953. The van der Waals surface area contributed by atoms with Crippen LogP contribution in [0.4, 0.5) is 0 Å². The van der Waals surface area contributed by atoms with Gasteiger partial charge >= 0.3 is 5.97 Å². The zero-order chi connectivity index (χ0) is 8.48. The van der Waals surface area contributed by atoms with Gasteiger partial charge in [-0.1, -0.05) is 6.08 Å². The average Bonchev–Trinajstić information content (AvgIpc) is 2.08. The first-order valence-electron chi connectivity index (χ1n) is 3.40. The van der Waals surface area contributed by atoms with E-state index >= 15 is 0 Å². The molecule has 0 aromatic heterocycles. The lowest BCUT2D eigenvalue weighted by Gasteiger charge is -2.20. The highest BCUT2D eigenvalue weighted by Gasteiger charge is 2.31. The van der Waals surface area contributed by atoms with E-state index in [4.69, 9.17) is 15.6 Å². The maximum atomic E-state index is 10.3. The molecule has 0 aromatic rings. The molecule has 4 heteroatoms. The normalized spacial score (nSPS) is 36.0. The van der Waals surface area contributed by atoms with Crippen LogP contribution in [0, 0.1) is 0 Å². The van der Waals surface area contributed by atoms with Crippen LogP contribution in [0.3, 0.4) is 0 Å². The number of carboxylic acid groups (broad SMARTS) is 1. The Hall–Kier alpha value is -0.870. The van der Waals surface area contributed by atoms with E-state index in [1.54, 1.807) is 12.2 Å². The van der Waals surface area contributed by atoms with Crippen LogP contribution in [-0.2, 0) is 9.53 Å². The van der Waals surface area contributed by atoms with Crippen LogP contribution < -0.4 is 5.73 Å². The minimum atomic E-state index is -1.09. The molecule has 3 N–H and O–H groups in total. The van der Waals surface area contributed by atoms with Crippen molar-refractivity contribution < 1.29 is 14.6 Å². The predicted octanol–water partition coefficient (Wildman–Crippen LogP) is 0.0910. The second kappa shape index (κ2) is 2.64. The summed E-state index contributed by atoms with van der Waals surface area (Å²) in [6, 6.07) is 0. The van der Waals surface area contributed by atoms with Crippen molar-refractivity contribution in [3.8, 4) is 0 Å². The highest BCUT2D eigenvalue weighted by atomic mass is 16.5. The number of nitrogens with two attached hydrogens (primary N) is 1. The number of hydrogen-bond acceptors (Lipinski definition) is 3. The van der Waals surface area contributed by atoms with E-state index in [0.29, 0.717) is 0 Å². The van der Waals surface area contributed by atoms with Crippen molar-refractivity contribution >= 4 is 5.97 Å². The van der Waals surface area contributed by atoms with Gasteiger partial charge in [0.25, 0.3) is 0 Å². The molecule has 2 atom stereocenters. The molecule has 4 nitrogen and oxygen atoms in total. The molecule has 0 aromatic carbocycles. The van der Waals surface area contributed by atoms with Crippen molar-refractivity contribution in [2.45, 2.75) is 25.2 Å². The Morgan fingerprint density at radius 3 is 2.91 bits per heavy atom. The van der Waals surface area contributed by atoms with Gasteiger partial charge in [-0.15, -0.1) is 0 Å². The Kier molecular flexibility index (Phi) is 1.97. The van der Waals surface area contributed by atoms with E-state index in [2.05, 4.69) is 0 Å². The number of aliphatic carboxylic acids is 1. The summed E-state index contributed by atoms with van der Waals surface area (Å²) >= 11 is 0. The molecular weight excluding hydrogens is 146 g/mol. The predicted molar refractivity (Wildman–Crippen MR) is 38.9 cm³/mol. The molecule has 0 fully saturated rings. The number of rotatable bonds is 2. The third kappa shape index (κ3) is 2.03. The lowest BCUT2D eigenvalue weighted by Crippen LogP contribution is -2.41. The topological polar surface area (TPSA) is 72.6 Å². The first-order valence-corrected chi connectivity index (χ1v) is 3.40. The van der Waals surface area contributed by atoms with Crippen molar-refractivity contribution in [3.05, 3.63) is 12.2 Å². The van der Waals surface area contributed by atoms with Crippen LogP contribution in [0.25, 0.3) is 0 Å². The number of ether oxygens (including phenoxy) is 1. The monoisotopic (exact) mass is 157 g/mol. The fraction of sp³-hybridized carbons (Fsp3) is 0.571. The number of hydrogen-bond donors (Lipinski definition) is 2. The molecule has 0 amide bonds. The van der Waals surface area contributed by atoms with Crippen LogP contribution in [0.5, 0.6) is 0 Å². The molecule has 0 radical (unpaired) electrons. The zero-order valence-electron chi connectivity index (χ0n) is 6.28. The SMILES string of the molecule is CC1C=CC(N)(CC(=O)O)O1. The van der Waals surface area contributed by atoms with E-state index in [9.17, 15) is 4.79 Å². The molecular formula is C7H11NO3. The van der Waals surface area contributed by atoms with Crippen LogP contribution in [0.1, 0.15) is 13.3 Å². The Labute approximate surface area is 64.6 Å². The second-order valence-electron chi connectivity index (χ2n) is 2.71. The maximum absolute atomic E-state index is 10.3. The van der Waals surface area contributed by atoms with Crippen molar-refractivity contribution in [3.63, 3.8) is 0 Å². The van der Waals surface area contributed by atoms with Gasteiger partial charge in [-0.05, 0) is 13.0 Å². The van der Waals surface area contributed by atoms with Gasteiger partial charge in [-0.25, -0.2) is 0 Å². The van der Waals surface area contributed by atoms with Crippen LogP contribution in [0.2, 0.25) is 0 Å². The molecule has 0 aliphatic carbocycles. The van der Waals surface area contributed by atoms with E-state index in [-0.39, 0.29) is 12.5 Å². The minimum absolute atomic E-state index is 0.0839. The largest absolute Gasteiger partial charge is 0.481 e. The van der Waals surface area contributed by atoms with Gasteiger partial charge in [0.05, 0.1) is 12.5 Å². The van der Waals surface area contributed by atoms with E-state index in [1.807, 2.05) is 6.92 Å². The summed E-state index contributed by atoms with van der Waals surface area (Å²) in [6.45, 7) is 1.81. The van der Waals surface area contributed by atoms with Crippen LogP contribution in [0.15, 0.2) is 12.2 Å². The standard InChI is InChI=1S/C7H11NO3/c1-5-2-3-7(8,11-5)4-6(9)10/h2-3,5H,4,8H2,1H3,(H,9,10). The van der Waals surface area contributed by atoms with Crippen molar-refractivity contribution in [1.29, 1.82) is 0 Å². The Bertz CT molecular complexity index is 202. The summed E-state index contributed by atoms with van der Waals surface area (Å²) in [7, 11) is 0. The van der Waals surface area contributed by atoms with Crippen molar-refractivity contribution in [2.75, 3.05) is 0 Å². The maximum Gasteiger partial charge on any atom is 0.308 e.